The van der Waals surface area contributed by atoms with Gasteiger partial charge >= 0.3 is 6.09 Å². The van der Waals surface area contributed by atoms with Gasteiger partial charge in [0.1, 0.15) is 0 Å². The number of aliphatic hydroxyl groups excluding tert-OH is 1. The number of carbonyl (C=O) groups is 1. The van der Waals surface area contributed by atoms with E-state index in [-0.39, 0.29) is 27.8 Å². The first-order valence-electron chi connectivity index (χ1n) is 15.7. The summed E-state index contributed by atoms with van der Waals surface area (Å²) in [5, 5.41) is 28.6. The molecule has 0 amide bonds. The Morgan fingerprint density at radius 1 is 0.974 bits per heavy atom. The van der Waals surface area contributed by atoms with E-state index >= 15 is 0 Å². The molecule has 1 aromatic rings. The number of fused-ring (bicyclic) bond motifs is 7. The van der Waals surface area contributed by atoms with E-state index < -0.39 is 6.09 Å². The molecule has 5 fully saturated rings. The third-order valence-electron chi connectivity index (χ3n) is 14.5. The monoisotopic (exact) mass is 537 g/mol. The molecule has 1 heterocycles. The van der Waals surface area contributed by atoms with Crippen molar-refractivity contribution in [1.82, 2.24) is 15.0 Å². The molecule has 2 N–H and O–H groups in total. The van der Waals surface area contributed by atoms with Gasteiger partial charge in [0, 0.05) is 0 Å². The summed E-state index contributed by atoms with van der Waals surface area (Å²) in [5.74, 6) is 3.02. The number of nitrogens with zero attached hydrogens (tertiary/aromatic N) is 3. The highest BCUT2D eigenvalue weighted by Gasteiger charge is 2.70. The summed E-state index contributed by atoms with van der Waals surface area (Å²) in [6.45, 7) is 19.3. The van der Waals surface area contributed by atoms with Gasteiger partial charge in [-0.05, 0) is 134 Å². The van der Waals surface area contributed by atoms with Crippen molar-refractivity contribution in [2.45, 2.75) is 118 Å². The van der Waals surface area contributed by atoms with Crippen LogP contribution in [0.15, 0.2) is 18.3 Å². The standard InChI is InChI=1S/C33H51N3O3/c1-20(2)22-10-15-33(18-21-19-36(28(38)39)35-34-21)17-16-31(6)23(27(22)33)8-9-25-30(5)13-12-26(37)29(3,4)24(30)11-14-32(25,31)7/h19,22-27,37H,1,8-18H2,2-7H3,(H,38,39)/t22-,23+,24-,25+,26-,27+,30-,31+,32+,33+/m0/s1. The zero-order chi connectivity index (χ0) is 28.2. The molecule has 6 heteroatoms. The molecule has 0 saturated heterocycles. The van der Waals surface area contributed by atoms with E-state index in [0.717, 1.165) is 29.6 Å². The number of hydrogen-bond acceptors (Lipinski definition) is 4. The van der Waals surface area contributed by atoms with Crippen molar-refractivity contribution in [3.05, 3.63) is 24.0 Å². The molecule has 0 unspecified atom stereocenters. The van der Waals surface area contributed by atoms with Crippen LogP contribution in [0.1, 0.15) is 111 Å². The predicted molar refractivity (Wildman–Crippen MR) is 152 cm³/mol. The molecule has 1 aromatic heterocycles. The Hall–Kier alpha value is -1.69. The zero-order valence-electron chi connectivity index (χ0n) is 25.2. The van der Waals surface area contributed by atoms with E-state index in [1.165, 1.54) is 56.9 Å². The Labute approximate surface area is 235 Å². The molecule has 6 nitrogen and oxygen atoms in total. The third-order valence-corrected chi connectivity index (χ3v) is 14.5. The molecule has 5 aliphatic carbocycles. The van der Waals surface area contributed by atoms with Gasteiger partial charge in [-0.2, -0.15) is 4.68 Å². The first kappa shape index (κ1) is 27.5. The largest absolute Gasteiger partial charge is 0.463 e. The second-order valence-electron chi connectivity index (χ2n) is 16.0. The summed E-state index contributed by atoms with van der Waals surface area (Å²) in [6, 6.07) is 0. The van der Waals surface area contributed by atoms with Gasteiger partial charge < -0.3 is 10.2 Å². The Morgan fingerprint density at radius 3 is 2.38 bits per heavy atom. The normalized spacial score (nSPS) is 48.4. The molecule has 39 heavy (non-hydrogen) atoms. The van der Waals surface area contributed by atoms with E-state index in [2.05, 4.69) is 58.4 Å². The van der Waals surface area contributed by atoms with Crippen LogP contribution in [0.3, 0.4) is 0 Å². The highest BCUT2D eigenvalue weighted by Crippen LogP contribution is 2.77. The Balaban J connectivity index is 1.37. The number of aliphatic hydroxyl groups is 1. The molecule has 0 spiro atoms. The maximum absolute atomic E-state index is 11.5. The lowest BCUT2D eigenvalue weighted by atomic mass is 9.32. The maximum atomic E-state index is 11.5. The van der Waals surface area contributed by atoms with Crippen LogP contribution in [-0.4, -0.2) is 37.4 Å². The summed E-state index contributed by atoms with van der Waals surface area (Å²) in [6.07, 6.45) is 13.2. The average molecular weight is 538 g/mol. The van der Waals surface area contributed by atoms with E-state index in [0.29, 0.717) is 35.0 Å². The number of rotatable bonds is 3. The summed E-state index contributed by atoms with van der Waals surface area (Å²) < 4.78 is 0.965. The average Bonchev–Trinajstić information content (AvgIpc) is 3.48. The Morgan fingerprint density at radius 2 is 1.72 bits per heavy atom. The minimum absolute atomic E-state index is 0.0162. The fourth-order valence-corrected chi connectivity index (χ4v) is 12.4. The van der Waals surface area contributed by atoms with Crippen LogP contribution >= 0.6 is 0 Å². The van der Waals surface area contributed by atoms with Gasteiger partial charge in [-0.25, -0.2) is 4.79 Å². The van der Waals surface area contributed by atoms with Crippen molar-refractivity contribution in [1.29, 1.82) is 0 Å². The molecule has 5 saturated carbocycles. The van der Waals surface area contributed by atoms with Crippen molar-refractivity contribution in [2.75, 3.05) is 0 Å². The van der Waals surface area contributed by atoms with Gasteiger partial charge in [-0.1, -0.05) is 52.0 Å². The van der Waals surface area contributed by atoms with Crippen LogP contribution in [0.2, 0.25) is 0 Å². The van der Waals surface area contributed by atoms with Crippen LogP contribution < -0.4 is 0 Å². The summed E-state index contributed by atoms with van der Waals surface area (Å²) in [5.41, 5.74) is 3.13. The zero-order valence-corrected chi connectivity index (χ0v) is 25.2. The molecule has 216 valence electrons. The number of aromatic nitrogens is 3. The molecular formula is C33H51N3O3. The van der Waals surface area contributed by atoms with E-state index in [4.69, 9.17) is 0 Å². The molecule has 0 aliphatic heterocycles. The topological polar surface area (TPSA) is 88.2 Å². The highest BCUT2D eigenvalue weighted by molar-refractivity contribution is 5.66. The second kappa shape index (κ2) is 8.66. The minimum Gasteiger partial charge on any atom is -0.463 e. The molecule has 6 rings (SSSR count). The molecule has 0 radical (unpaired) electrons. The van der Waals surface area contributed by atoms with Crippen LogP contribution in [0.25, 0.3) is 0 Å². The van der Waals surface area contributed by atoms with Crippen molar-refractivity contribution in [3.8, 4) is 0 Å². The Kier molecular flexibility index (Phi) is 6.10. The molecule has 0 aromatic carbocycles. The lowest BCUT2D eigenvalue weighted by molar-refractivity contribution is -0.247. The summed E-state index contributed by atoms with van der Waals surface area (Å²) in [4.78, 5) is 11.5. The number of carboxylic acid groups (broad SMARTS) is 1. The van der Waals surface area contributed by atoms with Crippen molar-refractivity contribution in [2.24, 2.45) is 56.7 Å². The predicted octanol–water partition coefficient (Wildman–Crippen LogP) is 7.37. The fourth-order valence-electron chi connectivity index (χ4n) is 12.4. The van der Waals surface area contributed by atoms with Crippen LogP contribution in [0.4, 0.5) is 4.79 Å². The fraction of sp³-hybridized carbons (Fsp3) is 0.848. The van der Waals surface area contributed by atoms with Crippen molar-refractivity contribution >= 4 is 6.09 Å². The van der Waals surface area contributed by atoms with Crippen LogP contribution in [0, 0.1) is 56.7 Å². The molecule has 0 bridgehead atoms. The molecule has 5 aliphatic rings. The highest BCUT2D eigenvalue weighted by atomic mass is 16.4. The van der Waals surface area contributed by atoms with Gasteiger partial charge in [0.25, 0.3) is 0 Å². The summed E-state index contributed by atoms with van der Waals surface area (Å²) in [7, 11) is 0. The quantitative estimate of drug-likeness (QED) is 0.393. The molecular weight excluding hydrogens is 486 g/mol. The van der Waals surface area contributed by atoms with Crippen LogP contribution in [0.5, 0.6) is 0 Å². The molecule has 10 atom stereocenters. The second-order valence-corrected chi connectivity index (χ2v) is 16.0. The van der Waals surface area contributed by atoms with E-state index in [9.17, 15) is 15.0 Å². The first-order valence-corrected chi connectivity index (χ1v) is 15.7. The van der Waals surface area contributed by atoms with Gasteiger partial charge in [0.2, 0.25) is 0 Å². The minimum atomic E-state index is -1.07. The van der Waals surface area contributed by atoms with Gasteiger partial charge in [0.15, 0.2) is 0 Å². The van der Waals surface area contributed by atoms with Gasteiger partial charge in [-0.3, -0.25) is 0 Å². The first-order chi connectivity index (χ1) is 18.2. The van der Waals surface area contributed by atoms with E-state index in [1.54, 1.807) is 6.20 Å². The van der Waals surface area contributed by atoms with Crippen molar-refractivity contribution < 1.29 is 15.0 Å². The lowest BCUT2D eigenvalue weighted by Gasteiger charge is -2.73. The smallest absolute Gasteiger partial charge is 0.433 e. The lowest BCUT2D eigenvalue weighted by Crippen LogP contribution is -2.66. The van der Waals surface area contributed by atoms with E-state index in [1.807, 2.05) is 0 Å². The van der Waals surface area contributed by atoms with Gasteiger partial charge in [-0.15, -0.1) is 5.10 Å². The van der Waals surface area contributed by atoms with Crippen molar-refractivity contribution in [3.63, 3.8) is 0 Å². The Bertz CT molecular complexity index is 1170. The summed E-state index contributed by atoms with van der Waals surface area (Å²) >= 11 is 0. The number of hydrogen-bond donors (Lipinski definition) is 2. The maximum Gasteiger partial charge on any atom is 0.433 e. The van der Waals surface area contributed by atoms with Crippen LogP contribution in [-0.2, 0) is 6.42 Å². The number of allylic oxidation sites excluding steroid dienone is 1. The SMILES string of the molecule is C=C(C)[C@@H]1CC[C@]2(Cc3cn(C(=O)O)nn3)CC[C@]3(C)[C@H](CC[C@@H]4[C@@]5(C)CC[C@H](O)C(C)(C)[C@@H]5CC[C@]43C)[C@@H]12. The third kappa shape index (κ3) is 3.58. The van der Waals surface area contributed by atoms with Gasteiger partial charge in [0.05, 0.1) is 18.0 Å².